The highest BCUT2D eigenvalue weighted by Gasteiger charge is 2.20. The van der Waals surface area contributed by atoms with Crippen LogP contribution in [0.3, 0.4) is 0 Å². The molecule has 1 amide bonds. The third-order valence-electron chi connectivity index (χ3n) is 10.9. The molecule has 0 aromatic rings. The molecule has 0 rings (SSSR count). The van der Waals surface area contributed by atoms with E-state index in [9.17, 15) is 15.0 Å². The van der Waals surface area contributed by atoms with Crippen LogP contribution in [0.2, 0.25) is 0 Å². The smallest absolute Gasteiger partial charge is 0.220 e. The average Bonchev–Trinajstić information content (AvgIpc) is 3.23. The Morgan fingerprint density at radius 2 is 0.759 bits per heavy atom. The van der Waals surface area contributed by atoms with Crippen LogP contribution in [0.25, 0.3) is 0 Å². The largest absolute Gasteiger partial charge is 0.394 e. The Morgan fingerprint density at radius 3 is 1.14 bits per heavy atom. The molecule has 0 aliphatic heterocycles. The molecule has 0 spiro atoms. The summed E-state index contributed by atoms with van der Waals surface area (Å²) in [5.74, 6) is -0.0381. The van der Waals surface area contributed by atoms with Crippen LogP contribution in [-0.4, -0.2) is 34.9 Å². The normalized spacial score (nSPS) is 13.7. The molecule has 0 aromatic heterocycles. The van der Waals surface area contributed by atoms with Gasteiger partial charge in [-0.25, -0.2) is 0 Å². The van der Waals surface area contributed by atoms with E-state index in [1.807, 2.05) is 0 Å². The van der Waals surface area contributed by atoms with Gasteiger partial charge in [-0.15, -0.1) is 0 Å². The molecule has 0 saturated carbocycles. The minimum absolute atomic E-state index is 0.0381. The van der Waals surface area contributed by atoms with Crippen LogP contribution in [0.4, 0.5) is 0 Å². The molecule has 2 atom stereocenters. The lowest BCUT2D eigenvalue weighted by molar-refractivity contribution is -0.123. The predicted octanol–water partition coefficient (Wildman–Crippen LogP) is 16.0. The first-order valence-corrected chi connectivity index (χ1v) is 24.8. The maximum Gasteiger partial charge on any atom is 0.220 e. The first kappa shape index (κ1) is 55.6. The van der Waals surface area contributed by atoms with E-state index in [-0.39, 0.29) is 12.5 Å². The van der Waals surface area contributed by atoms with Gasteiger partial charge < -0.3 is 15.5 Å². The molecule has 4 heteroatoms. The van der Waals surface area contributed by atoms with Gasteiger partial charge in [-0.2, -0.15) is 0 Å². The van der Waals surface area contributed by atoms with E-state index in [4.69, 9.17) is 0 Å². The predicted molar refractivity (Wildman–Crippen MR) is 257 cm³/mol. The van der Waals surface area contributed by atoms with Crippen LogP contribution in [0, 0.1) is 0 Å². The fourth-order valence-corrected chi connectivity index (χ4v) is 7.16. The van der Waals surface area contributed by atoms with E-state index in [2.05, 4.69) is 104 Å². The van der Waals surface area contributed by atoms with Crippen LogP contribution in [-0.2, 0) is 4.79 Å². The van der Waals surface area contributed by atoms with Crippen molar-refractivity contribution in [2.24, 2.45) is 0 Å². The highest BCUT2D eigenvalue weighted by atomic mass is 16.3. The molecule has 58 heavy (non-hydrogen) atoms. The molecule has 0 saturated heterocycles. The molecule has 0 aliphatic carbocycles. The number of unbranched alkanes of at least 4 members (excludes halogenated alkanes) is 23. The Kier molecular flexibility index (Phi) is 46.9. The fraction of sp³-hybridized carbons (Fsp3) is 0.722. The summed E-state index contributed by atoms with van der Waals surface area (Å²) < 4.78 is 0. The third-order valence-corrected chi connectivity index (χ3v) is 10.9. The molecule has 0 radical (unpaired) electrons. The molecule has 4 nitrogen and oxygen atoms in total. The lowest BCUT2D eigenvalue weighted by atomic mass is 10.0. The van der Waals surface area contributed by atoms with Gasteiger partial charge in [0.15, 0.2) is 0 Å². The molecule has 0 fully saturated rings. The fourth-order valence-electron chi connectivity index (χ4n) is 7.16. The number of hydrogen-bond acceptors (Lipinski definition) is 3. The molecule has 0 aromatic carbocycles. The van der Waals surface area contributed by atoms with Crippen LogP contribution in [0.1, 0.15) is 232 Å². The topological polar surface area (TPSA) is 69.6 Å². The van der Waals surface area contributed by atoms with Crippen molar-refractivity contribution in [3.8, 4) is 0 Å². The Bertz CT molecular complexity index is 1050. The number of aliphatic hydroxyl groups excluding tert-OH is 2. The summed E-state index contributed by atoms with van der Waals surface area (Å²) >= 11 is 0. The molecular weight excluding hydrogens is 711 g/mol. The standard InChI is InChI=1S/C54H95NO3/c1-3-5-7-9-11-13-15-17-18-19-20-21-22-23-24-25-26-27-28-29-30-31-32-33-34-35-36-38-40-42-44-46-48-50-54(58)55-52(51-56)53(57)49-47-45-43-41-39-37-16-14-12-10-8-6-4-2/h5,7,11,13,17-18,20-21,23-24,26-27,29-30,52-53,56-57H,3-4,6,8-10,12,14-16,19,22,25,28,31-51H2,1-2H3,(H,55,58)/b7-5-,13-11-,18-17-,21-20-,24-23-,27-26-,30-29-. The van der Waals surface area contributed by atoms with E-state index in [0.717, 1.165) is 70.6 Å². The lowest BCUT2D eigenvalue weighted by Gasteiger charge is -2.22. The highest BCUT2D eigenvalue weighted by Crippen LogP contribution is 2.16. The average molecular weight is 806 g/mol. The first-order chi connectivity index (χ1) is 28.7. The molecule has 2 unspecified atom stereocenters. The number of amides is 1. The number of carbonyl (C=O) groups excluding carboxylic acids is 1. The lowest BCUT2D eigenvalue weighted by Crippen LogP contribution is -2.45. The summed E-state index contributed by atoms with van der Waals surface area (Å²) in [6.45, 7) is 4.24. The van der Waals surface area contributed by atoms with Gasteiger partial charge in [0.05, 0.1) is 18.8 Å². The Balaban J connectivity index is 3.54. The van der Waals surface area contributed by atoms with Gasteiger partial charge in [-0.05, 0) is 70.6 Å². The van der Waals surface area contributed by atoms with Gasteiger partial charge in [-0.3, -0.25) is 4.79 Å². The second kappa shape index (κ2) is 48.9. The number of carbonyl (C=O) groups is 1. The maximum absolute atomic E-state index is 12.4. The van der Waals surface area contributed by atoms with Gasteiger partial charge in [0.25, 0.3) is 0 Å². The number of rotatable bonds is 44. The van der Waals surface area contributed by atoms with Crippen molar-refractivity contribution in [1.82, 2.24) is 5.32 Å². The SMILES string of the molecule is CC/C=C\C/C=C\C/C=C\C/C=C\C/C=C\C/C=C\C/C=C\CCCCCCCCCCCCCC(=O)NC(CO)C(O)CCCCCCCCCCCCCCC. The van der Waals surface area contributed by atoms with Crippen molar-refractivity contribution in [2.45, 2.75) is 244 Å². The van der Waals surface area contributed by atoms with E-state index >= 15 is 0 Å². The number of hydrogen-bond donors (Lipinski definition) is 3. The minimum atomic E-state index is -0.664. The van der Waals surface area contributed by atoms with Crippen molar-refractivity contribution in [1.29, 1.82) is 0 Å². The van der Waals surface area contributed by atoms with E-state index < -0.39 is 12.1 Å². The summed E-state index contributed by atoms with van der Waals surface area (Å²) in [6.07, 6.45) is 71.1. The van der Waals surface area contributed by atoms with Crippen LogP contribution < -0.4 is 5.32 Å². The Hall–Kier alpha value is -2.43. The van der Waals surface area contributed by atoms with E-state index in [1.165, 1.54) is 135 Å². The van der Waals surface area contributed by atoms with Crippen molar-refractivity contribution in [2.75, 3.05) is 6.61 Å². The van der Waals surface area contributed by atoms with Gasteiger partial charge in [-0.1, -0.05) is 240 Å². The van der Waals surface area contributed by atoms with E-state index in [1.54, 1.807) is 0 Å². The Labute approximate surface area is 361 Å². The number of nitrogens with one attached hydrogen (secondary N) is 1. The van der Waals surface area contributed by atoms with Crippen molar-refractivity contribution >= 4 is 5.91 Å². The summed E-state index contributed by atoms with van der Waals surface area (Å²) in [7, 11) is 0. The van der Waals surface area contributed by atoms with E-state index in [0.29, 0.717) is 12.8 Å². The second-order valence-electron chi connectivity index (χ2n) is 16.5. The first-order valence-electron chi connectivity index (χ1n) is 24.8. The monoisotopic (exact) mass is 806 g/mol. The molecule has 0 aliphatic rings. The quantitative estimate of drug-likeness (QED) is 0.0424. The van der Waals surface area contributed by atoms with Crippen LogP contribution in [0.5, 0.6) is 0 Å². The van der Waals surface area contributed by atoms with Gasteiger partial charge >= 0.3 is 0 Å². The van der Waals surface area contributed by atoms with Crippen molar-refractivity contribution in [3.63, 3.8) is 0 Å². The van der Waals surface area contributed by atoms with Gasteiger partial charge in [0.2, 0.25) is 5.91 Å². The summed E-state index contributed by atoms with van der Waals surface area (Å²) in [6, 6.07) is -0.541. The molecule has 3 N–H and O–H groups in total. The zero-order valence-corrected chi connectivity index (χ0v) is 38.3. The van der Waals surface area contributed by atoms with Crippen molar-refractivity contribution < 1.29 is 15.0 Å². The molecule has 0 bridgehead atoms. The summed E-state index contributed by atoms with van der Waals surface area (Å²) in [5, 5.41) is 23.2. The third kappa shape index (κ3) is 44.7. The van der Waals surface area contributed by atoms with Gasteiger partial charge in [0, 0.05) is 6.42 Å². The molecule has 0 heterocycles. The maximum atomic E-state index is 12.4. The summed E-state index contributed by atoms with van der Waals surface area (Å²) in [4.78, 5) is 12.4. The zero-order valence-electron chi connectivity index (χ0n) is 38.3. The number of aliphatic hydroxyl groups is 2. The molecule has 334 valence electrons. The molecular formula is C54H95NO3. The zero-order chi connectivity index (χ0) is 42.1. The second-order valence-corrected chi connectivity index (χ2v) is 16.5. The Morgan fingerprint density at radius 1 is 0.431 bits per heavy atom. The summed E-state index contributed by atoms with van der Waals surface area (Å²) in [5.41, 5.74) is 0. The van der Waals surface area contributed by atoms with Crippen LogP contribution >= 0.6 is 0 Å². The minimum Gasteiger partial charge on any atom is -0.394 e. The van der Waals surface area contributed by atoms with Crippen LogP contribution in [0.15, 0.2) is 85.1 Å². The van der Waals surface area contributed by atoms with Crippen molar-refractivity contribution in [3.05, 3.63) is 85.1 Å². The highest BCUT2D eigenvalue weighted by molar-refractivity contribution is 5.76. The number of allylic oxidation sites excluding steroid dienone is 14. The van der Waals surface area contributed by atoms with Gasteiger partial charge in [0.1, 0.15) is 0 Å².